The topological polar surface area (TPSA) is 27.7 Å². The molecule has 0 radical (unpaired) electrons. The van der Waals surface area contributed by atoms with Crippen LogP contribution in [0.4, 0.5) is 0 Å². The third-order valence-corrected chi connectivity index (χ3v) is 11.5. The summed E-state index contributed by atoms with van der Waals surface area (Å²) < 4.78 is 17.5. The minimum atomic E-state index is -3.36. The van der Waals surface area contributed by atoms with E-state index in [1.165, 1.54) is 10.8 Å². The molecular weight excluding hydrogens is 566 g/mol. The molecule has 0 N–H and O–H groups in total. The first-order valence-electron chi connectivity index (χ1n) is 11.5. The van der Waals surface area contributed by atoms with Gasteiger partial charge in [0.05, 0.1) is 20.1 Å². The Labute approximate surface area is 234 Å². The Bertz CT molecular complexity index is 1890. The van der Waals surface area contributed by atoms with Crippen LogP contribution >= 0.6 is 46.4 Å². The zero-order chi connectivity index (χ0) is 26.1. The van der Waals surface area contributed by atoms with Gasteiger partial charge in [-0.15, -0.1) is 0 Å². The van der Waals surface area contributed by atoms with Crippen molar-refractivity contribution in [2.75, 3.05) is 21.3 Å². The zero-order valence-electron chi connectivity index (χ0n) is 20.1. The Kier molecular flexibility index (Phi) is 6.30. The molecule has 0 spiro atoms. The Morgan fingerprint density at radius 2 is 0.919 bits per heavy atom. The molecule has 3 nitrogen and oxygen atoms in total. The minimum Gasteiger partial charge on any atom is -0.373 e. The summed E-state index contributed by atoms with van der Waals surface area (Å²) in [5.74, 6) is 0. The van der Waals surface area contributed by atoms with Crippen molar-refractivity contribution in [1.29, 1.82) is 0 Å². The monoisotopic (exact) mass is 584 g/mol. The highest BCUT2D eigenvalue weighted by atomic mass is 35.5. The smallest absolute Gasteiger partial charge is 0.373 e. The molecule has 37 heavy (non-hydrogen) atoms. The van der Waals surface area contributed by atoms with Gasteiger partial charge in [-0.05, 0) is 85.6 Å². The molecule has 0 aliphatic heterocycles. The average Bonchev–Trinajstić information content (AvgIpc) is 2.92. The Morgan fingerprint density at radius 1 is 0.486 bits per heavy atom. The first-order chi connectivity index (χ1) is 17.8. The van der Waals surface area contributed by atoms with Crippen LogP contribution < -0.4 is 5.19 Å². The summed E-state index contributed by atoms with van der Waals surface area (Å²) in [6.07, 6.45) is 0. The van der Waals surface area contributed by atoms with Gasteiger partial charge in [-0.2, -0.15) is 0 Å². The molecule has 0 heterocycles. The molecule has 0 fully saturated rings. The summed E-state index contributed by atoms with van der Waals surface area (Å²) in [7, 11) is 1.31. The quantitative estimate of drug-likeness (QED) is 0.0678. The van der Waals surface area contributed by atoms with Crippen molar-refractivity contribution in [3.63, 3.8) is 0 Å². The maximum absolute atomic E-state index is 6.86. The van der Waals surface area contributed by atoms with Crippen molar-refractivity contribution >= 4 is 114 Å². The highest BCUT2D eigenvalue weighted by molar-refractivity contribution is 6.79. The fraction of sp³-hybridized carbons (Fsp3) is 0.103. The lowest BCUT2D eigenvalue weighted by Crippen LogP contribution is -2.55. The molecule has 6 rings (SSSR count). The van der Waals surface area contributed by atoms with Crippen molar-refractivity contribution in [1.82, 2.24) is 0 Å². The highest BCUT2D eigenvalue weighted by Gasteiger charge is 2.43. The summed E-state index contributed by atoms with van der Waals surface area (Å²) >= 11 is 26.8. The van der Waals surface area contributed by atoms with Gasteiger partial charge >= 0.3 is 8.80 Å². The second-order valence-electron chi connectivity index (χ2n) is 8.92. The molecule has 6 aromatic rings. The van der Waals surface area contributed by atoms with E-state index in [1.54, 1.807) is 21.3 Å². The molecular formula is C29H20Cl4O3Si. The normalized spacial score (nSPS) is 12.5. The van der Waals surface area contributed by atoms with Crippen LogP contribution in [0, 0.1) is 0 Å². The van der Waals surface area contributed by atoms with Crippen LogP contribution in [-0.4, -0.2) is 30.1 Å². The maximum atomic E-state index is 6.86. The van der Waals surface area contributed by atoms with Crippen LogP contribution in [0.5, 0.6) is 0 Å². The number of hydrogen-bond donors (Lipinski definition) is 0. The van der Waals surface area contributed by atoms with Crippen LogP contribution in [0.1, 0.15) is 0 Å². The van der Waals surface area contributed by atoms with Crippen LogP contribution in [-0.2, 0) is 13.3 Å². The first-order valence-corrected chi connectivity index (χ1v) is 14.7. The lowest BCUT2D eigenvalue weighted by atomic mass is 9.95. The van der Waals surface area contributed by atoms with Crippen LogP contribution in [0.25, 0.3) is 53.9 Å². The third-order valence-electron chi connectivity index (χ3n) is 7.07. The molecule has 0 amide bonds. The molecule has 0 atom stereocenters. The van der Waals surface area contributed by atoms with Crippen LogP contribution in [0.3, 0.4) is 0 Å². The van der Waals surface area contributed by atoms with E-state index in [9.17, 15) is 0 Å². The molecule has 6 aromatic carbocycles. The fourth-order valence-corrected chi connectivity index (χ4v) is 8.47. The van der Waals surface area contributed by atoms with Gasteiger partial charge in [-0.1, -0.05) is 70.7 Å². The first kappa shape index (κ1) is 25.2. The van der Waals surface area contributed by atoms with E-state index in [0.29, 0.717) is 21.0 Å². The fourth-order valence-electron chi connectivity index (χ4n) is 5.28. The number of rotatable bonds is 4. The van der Waals surface area contributed by atoms with Crippen molar-refractivity contribution < 1.29 is 13.3 Å². The van der Waals surface area contributed by atoms with Gasteiger partial charge in [-0.3, -0.25) is 0 Å². The Morgan fingerprint density at radius 3 is 1.43 bits per heavy atom. The van der Waals surface area contributed by atoms with E-state index in [-0.39, 0.29) is 15.1 Å². The van der Waals surface area contributed by atoms with Gasteiger partial charge in [0.15, 0.2) is 0 Å². The van der Waals surface area contributed by atoms with Crippen molar-refractivity contribution in [3.05, 3.63) is 86.8 Å². The molecule has 0 saturated heterocycles. The van der Waals surface area contributed by atoms with Gasteiger partial charge in [0, 0.05) is 37.3 Å². The molecule has 0 unspecified atom stereocenters. The minimum absolute atomic E-state index is 0.173. The van der Waals surface area contributed by atoms with Crippen molar-refractivity contribution in [2.45, 2.75) is 0 Å². The lowest BCUT2D eigenvalue weighted by molar-refractivity contribution is 0.141. The molecule has 0 aliphatic carbocycles. The summed E-state index contributed by atoms with van der Waals surface area (Å²) in [6.45, 7) is 0. The predicted octanol–water partition coefficient (Wildman–Crippen LogP) is 9.15. The van der Waals surface area contributed by atoms with Gasteiger partial charge in [0.25, 0.3) is 0 Å². The third kappa shape index (κ3) is 3.74. The summed E-state index contributed by atoms with van der Waals surface area (Å²) in [5, 5.41) is 11.6. The van der Waals surface area contributed by atoms with Crippen LogP contribution in [0.2, 0.25) is 20.1 Å². The van der Waals surface area contributed by atoms with E-state index in [4.69, 9.17) is 59.7 Å². The average molecular weight is 586 g/mol. The van der Waals surface area contributed by atoms with Gasteiger partial charge < -0.3 is 13.3 Å². The largest absolute Gasteiger partial charge is 0.537 e. The van der Waals surface area contributed by atoms with E-state index in [1.807, 2.05) is 6.07 Å². The summed E-state index contributed by atoms with van der Waals surface area (Å²) in [4.78, 5) is 0. The summed E-state index contributed by atoms with van der Waals surface area (Å²) in [6, 6.07) is 23.4. The number of hydrogen-bond acceptors (Lipinski definition) is 3. The molecule has 0 aliphatic rings. The van der Waals surface area contributed by atoms with Gasteiger partial charge in [0.2, 0.25) is 0 Å². The second kappa shape index (κ2) is 9.26. The predicted molar refractivity (Wildman–Crippen MR) is 160 cm³/mol. The Hall–Kier alpha value is -2.12. The molecule has 186 valence electrons. The molecule has 0 saturated carbocycles. The number of benzene rings is 6. The van der Waals surface area contributed by atoms with E-state index in [2.05, 4.69) is 60.7 Å². The Balaban J connectivity index is 1.80. The molecule has 0 bridgehead atoms. The van der Waals surface area contributed by atoms with E-state index < -0.39 is 8.80 Å². The standard InChI is InChI=1S/C29H20Cl4O3Si/c1-34-37(35-2,36-3)23-14-21-12-19-10-17-8-15-6-4-5-7-16(15)9-18(17)11-20(19)13-22(21)24-25(23)27(31)29(33)28(32)26(24)30/h4-14H,1-3H3. The van der Waals surface area contributed by atoms with Crippen molar-refractivity contribution in [2.24, 2.45) is 0 Å². The maximum Gasteiger partial charge on any atom is 0.537 e. The van der Waals surface area contributed by atoms with Crippen LogP contribution in [0.15, 0.2) is 66.7 Å². The van der Waals surface area contributed by atoms with Crippen molar-refractivity contribution in [3.8, 4) is 0 Å². The molecule has 0 aromatic heterocycles. The van der Waals surface area contributed by atoms with Gasteiger partial charge in [0.1, 0.15) is 0 Å². The number of fused-ring (bicyclic) bond motifs is 6. The van der Waals surface area contributed by atoms with Gasteiger partial charge in [-0.25, -0.2) is 0 Å². The SMILES string of the molecule is CO[Si](OC)(OC)c1cc2cc3cc4cc5ccccc5cc4cc3cc2c2c(Cl)c(Cl)c(Cl)c(Cl)c12. The van der Waals surface area contributed by atoms with E-state index in [0.717, 1.165) is 32.3 Å². The molecule has 8 heteroatoms. The zero-order valence-corrected chi connectivity index (χ0v) is 24.1. The lowest BCUT2D eigenvalue weighted by Gasteiger charge is -2.27. The summed E-state index contributed by atoms with van der Waals surface area (Å²) in [5.41, 5.74) is 0. The number of halogens is 4. The highest BCUT2D eigenvalue weighted by Crippen LogP contribution is 2.46. The van der Waals surface area contributed by atoms with E-state index >= 15 is 0 Å². The second-order valence-corrected chi connectivity index (χ2v) is 13.3.